The monoisotopic (exact) mass is 230 g/mol. The molecular weight excluding hydrogens is 218 g/mol. The maximum absolute atomic E-state index is 13.2. The van der Waals surface area contributed by atoms with Gasteiger partial charge in [0.25, 0.3) is 0 Å². The SMILES string of the molecule is CCC(Oc1cc(F)ccc1F)C(N)=NO. The van der Waals surface area contributed by atoms with Crippen LogP contribution in [-0.2, 0) is 0 Å². The first-order chi connectivity index (χ1) is 7.58. The van der Waals surface area contributed by atoms with Gasteiger partial charge in [-0.1, -0.05) is 12.1 Å². The van der Waals surface area contributed by atoms with Crippen molar-refractivity contribution in [3.63, 3.8) is 0 Å². The van der Waals surface area contributed by atoms with Crippen LogP contribution in [-0.4, -0.2) is 17.1 Å². The van der Waals surface area contributed by atoms with Gasteiger partial charge in [-0.2, -0.15) is 0 Å². The van der Waals surface area contributed by atoms with Crippen molar-refractivity contribution in [1.29, 1.82) is 0 Å². The zero-order valence-corrected chi connectivity index (χ0v) is 8.65. The third-order valence-electron chi connectivity index (χ3n) is 1.98. The number of nitrogens with zero attached hydrogens (tertiary/aromatic N) is 1. The van der Waals surface area contributed by atoms with Crippen LogP contribution in [0.3, 0.4) is 0 Å². The second kappa shape index (κ2) is 5.29. The van der Waals surface area contributed by atoms with Gasteiger partial charge >= 0.3 is 0 Å². The largest absolute Gasteiger partial charge is 0.479 e. The highest BCUT2D eigenvalue weighted by molar-refractivity contribution is 5.84. The molecule has 1 unspecified atom stereocenters. The predicted molar refractivity (Wildman–Crippen MR) is 54.5 cm³/mol. The fraction of sp³-hybridized carbons (Fsp3) is 0.300. The minimum Gasteiger partial charge on any atom is -0.479 e. The molecule has 0 amide bonds. The predicted octanol–water partition coefficient (Wildman–Crippen LogP) is 1.87. The Labute approximate surface area is 91.3 Å². The number of halogens is 2. The fourth-order valence-corrected chi connectivity index (χ4v) is 1.14. The number of benzene rings is 1. The molecule has 0 bridgehead atoms. The van der Waals surface area contributed by atoms with Crippen molar-refractivity contribution in [2.75, 3.05) is 0 Å². The van der Waals surface area contributed by atoms with Crippen molar-refractivity contribution in [3.8, 4) is 5.75 Å². The van der Waals surface area contributed by atoms with Crippen LogP contribution in [0.1, 0.15) is 13.3 Å². The highest BCUT2D eigenvalue weighted by Gasteiger charge is 2.16. The zero-order valence-electron chi connectivity index (χ0n) is 8.65. The van der Waals surface area contributed by atoms with Gasteiger partial charge in [0.05, 0.1) is 0 Å². The minimum absolute atomic E-state index is 0.189. The summed E-state index contributed by atoms with van der Waals surface area (Å²) in [7, 11) is 0. The molecule has 0 radical (unpaired) electrons. The van der Waals surface area contributed by atoms with E-state index in [1.807, 2.05) is 0 Å². The lowest BCUT2D eigenvalue weighted by molar-refractivity contribution is 0.236. The number of hydrogen-bond acceptors (Lipinski definition) is 3. The molecule has 1 rings (SSSR count). The van der Waals surface area contributed by atoms with E-state index < -0.39 is 17.7 Å². The average molecular weight is 230 g/mol. The van der Waals surface area contributed by atoms with Crippen LogP contribution in [0, 0.1) is 11.6 Å². The first-order valence-corrected chi connectivity index (χ1v) is 4.67. The Bertz CT molecular complexity index is 396. The molecule has 0 aromatic heterocycles. The van der Waals surface area contributed by atoms with Gasteiger partial charge in [0, 0.05) is 6.07 Å². The fourth-order valence-electron chi connectivity index (χ4n) is 1.14. The van der Waals surface area contributed by atoms with Crippen molar-refractivity contribution in [2.45, 2.75) is 19.4 Å². The lowest BCUT2D eigenvalue weighted by Crippen LogP contribution is -2.33. The summed E-state index contributed by atoms with van der Waals surface area (Å²) in [6.45, 7) is 1.71. The van der Waals surface area contributed by atoms with E-state index in [-0.39, 0.29) is 11.6 Å². The van der Waals surface area contributed by atoms with Gasteiger partial charge in [0.1, 0.15) is 5.82 Å². The lowest BCUT2D eigenvalue weighted by Gasteiger charge is -2.16. The van der Waals surface area contributed by atoms with Gasteiger partial charge < -0.3 is 15.7 Å². The normalized spacial score (nSPS) is 13.6. The molecule has 0 fully saturated rings. The van der Waals surface area contributed by atoms with E-state index in [2.05, 4.69) is 5.16 Å². The summed E-state index contributed by atoms with van der Waals surface area (Å²) in [5.41, 5.74) is 5.32. The first-order valence-electron chi connectivity index (χ1n) is 4.67. The lowest BCUT2D eigenvalue weighted by atomic mass is 10.2. The third-order valence-corrected chi connectivity index (χ3v) is 1.98. The highest BCUT2D eigenvalue weighted by atomic mass is 19.1. The molecule has 0 heterocycles. The Balaban J connectivity index is 2.89. The quantitative estimate of drug-likeness (QED) is 0.359. The number of ether oxygens (including phenoxy) is 1. The summed E-state index contributed by atoms with van der Waals surface area (Å²) in [6, 6.07) is 2.83. The van der Waals surface area contributed by atoms with Crippen molar-refractivity contribution >= 4 is 5.84 Å². The number of oxime groups is 1. The Kier molecular flexibility index (Phi) is 4.04. The van der Waals surface area contributed by atoms with E-state index >= 15 is 0 Å². The molecular formula is C10H12F2N2O2. The van der Waals surface area contributed by atoms with Crippen molar-refractivity contribution in [2.24, 2.45) is 10.9 Å². The molecule has 1 atom stereocenters. The van der Waals surface area contributed by atoms with E-state index in [0.717, 1.165) is 18.2 Å². The van der Waals surface area contributed by atoms with Crippen LogP contribution in [0.25, 0.3) is 0 Å². The summed E-state index contributed by atoms with van der Waals surface area (Å²) < 4.78 is 31.1. The molecule has 0 saturated heterocycles. The van der Waals surface area contributed by atoms with Crippen LogP contribution < -0.4 is 10.5 Å². The van der Waals surface area contributed by atoms with E-state index in [1.54, 1.807) is 6.92 Å². The van der Waals surface area contributed by atoms with E-state index in [4.69, 9.17) is 15.7 Å². The van der Waals surface area contributed by atoms with Crippen LogP contribution in [0.15, 0.2) is 23.4 Å². The molecule has 3 N–H and O–H groups in total. The molecule has 6 heteroatoms. The zero-order chi connectivity index (χ0) is 12.1. The van der Waals surface area contributed by atoms with E-state index in [1.165, 1.54) is 0 Å². The molecule has 4 nitrogen and oxygen atoms in total. The van der Waals surface area contributed by atoms with Crippen LogP contribution in [0.4, 0.5) is 8.78 Å². The highest BCUT2D eigenvalue weighted by Crippen LogP contribution is 2.20. The van der Waals surface area contributed by atoms with Crippen molar-refractivity contribution in [3.05, 3.63) is 29.8 Å². The van der Waals surface area contributed by atoms with Crippen molar-refractivity contribution in [1.82, 2.24) is 0 Å². The number of hydrogen-bond donors (Lipinski definition) is 2. The average Bonchev–Trinajstić information content (AvgIpc) is 2.29. The van der Waals surface area contributed by atoms with Gasteiger partial charge in [0.2, 0.25) is 0 Å². The molecule has 16 heavy (non-hydrogen) atoms. The first kappa shape index (κ1) is 12.2. The number of nitrogens with two attached hydrogens (primary N) is 1. The summed E-state index contributed by atoms with van der Waals surface area (Å²) in [6.07, 6.45) is -0.424. The summed E-state index contributed by atoms with van der Waals surface area (Å²) in [5, 5.41) is 11.2. The van der Waals surface area contributed by atoms with Gasteiger partial charge in [-0.05, 0) is 18.6 Å². The van der Waals surface area contributed by atoms with Gasteiger partial charge in [-0.25, -0.2) is 8.78 Å². The Morgan fingerprint density at radius 1 is 1.56 bits per heavy atom. The molecule has 88 valence electrons. The van der Waals surface area contributed by atoms with Crippen LogP contribution in [0.5, 0.6) is 5.75 Å². The van der Waals surface area contributed by atoms with Crippen molar-refractivity contribution < 1.29 is 18.7 Å². The topological polar surface area (TPSA) is 67.8 Å². The second-order valence-electron chi connectivity index (χ2n) is 3.11. The second-order valence-corrected chi connectivity index (χ2v) is 3.11. The van der Waals surface area contributed by atoms with Gasteiger partial charge in [-0.15, -0.1) is 0 Å². The smallest absolute Gasteiger partial charge is 0.180 e. The Hall–Kier alpha value is -1.85. The standard InChI is InChI=1S/C10H12F2N2O2/c1-2-8(10(13)14-15)16-9-5-6(11)3-4-7(9)12/h3-5,8,15H,2H2,1H3,(H2,13,14). The Morgan fingerprint density at radius 2 is 2.25 bits per heavy atom. The Morgan fingerprint density at radius 3 is 2.81 bits per heavy atom. The number of rotatable bonds is 4. The molecule has 0 saturated carbocycles. The van der Waals surface area contributed by atoms with Gasteiger partial charge in [0.15, 0.2) is 23.5 Å². The number of amidine groups is 1. The molecule has 1 aromatic carbocycles. The summed E-state index contributed by atoms with van der Waals surface area (Å²) in [5.74, 6) is -1.78. The molecule has 0 aliphatic rings. The van der Waals surface area contributed by atoms with Gasteiger partial charge in [-0.3, -0.25) is 0 Å². The summed E-state index contributed by atoms with van der Waals surface area (Å²) in [4.78, 5) is 0. The maximum Gasteiger partial charge on any atom is 0.180 e. The molecule has 1 aromatic rings. The molecule has 0 aliphatic carbocycles. The minimum atomic E-state index is -0.790. The van der Waals surface area contributed by atoms with Crippen LogP contribution in [0.2, 0.25) is 0 Å². The van der Waals surface area contributed by atoms with Crippen LogP contribution >= 0.6 is 0 Å². The maximum atomic E-state index is 13.2. The van der Waals surface area contributed by atoms with E-state index in [9.17, 15) is 8.78 Å². The third kappa shape index (κ3) is 2.82. The molecule has 0 spiro atoms. The molecule has 0 aliphatic heterocycles. The van der Waals surface area contributed by atoms with E-state index in [0.29, 0.717) is 6.42 Å². The summed E-state index contributed by atoms with van der Waals surface area (Å²) >= 11 is 0.